The first-order valence-corrected chi connectivity index (χ1v) is 7.03. The minimum atomic E-state index is 0.0505. The Morgan fingerprint density at radius 1 is 1.15 bits per heavy atom. The molecule has 1 heterocycles. The second-order valence-electron chi connectivity index (χ2n) is 5.01. The molecule has 0 spiro atoms. The summed E-state index contributed by atoms with van der Waals surface area (Å²) in [6.45, 7) is 4.43. The van der Waals surface area contributed by atoms with Gasteiger partial charge in [-0.25, -0.2) is 0 Å². The van der Waals surface area contributed by atoms with Crippen LogP contribution in [-0.2, 0) is 11.3 Å². The van der Waals surface area contributed by atoms with Crippen LogP contribution in [0.15, 0.2) is 54.9 Å². The lowest BCUT2D eigenvalue weighted by Crippen LogP contribution is -2.44. The Kier molecular flexibility index (Phi) is 4.88. The van der Waals surface area contributed by atoms with E-state index in [1.54, 1.807) is 0 Å². The Bertz CT molecular complexity index is 566. The third-order valence-electron chi connectivity index (χ3n) is 3.31. The number of benzene rings is 1. The Hall–Kier alpha value is -2.16. The molecule has 1 amide bonds. The lowest BCUT2D eigenvalue weighted by atomic mass is 10.1. The van der Waals surface area contributed by atoms with E-state index in [1.807, 2.05) is 48.1 Å². The fourth-order valence-corrected chi connectivity index (χ4v) is 2.01. The highest BCUT2D eigenvalue weighted by atomic mass is 16.2. The van der Waals surface area contributed by atoms with E-state index in [0.29, 0.717) is 6.54 Å². The molecule has 0 saturated heterocycles. The van der Waals surface area contributed by atoms with Crippen LogP contribution in [0.5, 0.6) is 0 Å². The molecule has 3 nitrogen and oxygen atoms in total. The van der Waals surface area contributed by atoms with Gasteiger partial charge in [0.15, 0.2) is 12.4 Å². The van der Waals surface area contributed by atoms with Crippen LogP contribution < -0.4 is 9.88 Å². The molecule has 1 N–H and O–H groups in total. The molecule has 0 saturated carbocycles. The van der Waals surface area contributed by atoms with Crippen molar-refractivity contribution < 1.29 is 9.36 Å². The van der Waals surface area contributed by atoms with Gasteiger partial charge in [0.2, 0.25) is 6.54 Å². The van der Waals surface area contributed by atoms with Crippen LogP contribution in [0.1, 0.15) is 20.3 Å². The summed E-state index contributed by atoms with van der Waals surface area (Å²) in [6.07, 6.45) is 4.87. The number of nitrogens with zero attached hydrogens (tertiary/aromatic N) is 1. The van der Waals surface area contributed by atoms with Crippen molar-refractivity contribution in [2.45, 2.75) is 32.9 Å². The summed E-state index contributed by atoms with van der Waals surface area (Å²) < 4.78 is 1.92. The molecule has 0 aliphatic heterocycles. The molecule has 0 unspecified atom stereocenters. The summed E-state index contributed by atoms with van der Waals surface area (Å²) in [6, 6.07) is 14.4. The third kappa shape index (κ3) is 3.92. The summed E-state index contributed by atoms with van der Waals surface area (Å²) in [7, 11) is 0. The van der Waals surface area contributed by atoms with Gasteiger partial charge in [-0.1, -0.05) is 37.3 Å². The zero-order chi connectivity index (χ0) is 14.4. The van der Waals surface area contributed by atoms with Crippen LogP contribution >= 0.6 is 0 Å². The Balaban J connectivity index is 2.09. The largest absolute Gasteiger partial charge is 0.348 e. The topological polar surface area (TPSA) is 33.0 Å². The van der Waals surface area contributed by atoms with Crippen LogP contribution in [0.2, 0.25) is 0 Å². The highest BCUT2D eigenvalue weighted by molar-refractivity contribution is 5.74. The van der Waals surface area contributed by atoms with E-state index < -0.39 is 0 Å². The highest BCUT2D eigenvalue weighted by Crippen LogP contribution is 2.15. The van der Waals surface area contributed by atoms with E-state index in [0.717, 1.165) is 17.5 Å². The molecule has 0 bridgehead atoms. The SMILES string of the molecule is CC[C@@H](C)NC(=O)C[n+]1cccc(-c2ccccc2)c1. The predicted octanol–water partition coefficient (Wildman–Crippen LogP) is 2.56. The number of amides is 1. The van der Waals surface area contributed by atoms with Gasteiger partial charge in [-0.05, 0) is 25.0 Å². The van der Waals surface area contributed by atoms with E-state index in [1.165, 1.54) is 0 Å². The minimum absolute atomic E-state index is 0.0505. The maximum absolute atomic E-state index is 11.9. The first kappa shape index (κ1) is 14.3. The molecule has 3 heteroatoms. The van der Waals surface area contributed by atoms with E-state index in [9.17, 15) is 4.79 Å². The molecule has 2 rings (SSSR count). The van der Waals surface area contributed by atoms with Crippen LogP contribution in [0.25, 0.3) is 11.1 Å². The van der Waals surface area contributed by atoms with E-state index in [4.69, 9.17) is 0 Å². The first-order chi connectivity index (χ1) is 9.69. The highest BCUT2D eigenvalue weighted by Gasteiger charge is 2.12. The van der Waals surface area contributed by atoms with E-state index >= 15 is 0 Å². The lowest BCUT2D eigenvalue weighted by molar-refractivity contribution is -0.684. The summed E-state index contributed by atoms with van der Waals surface area (Å²) in [5.74, 6) is 0.0505. The Morgan fingerprint density at radius 3 is 2.55 bits per heavy atom. The average Bonchev–Trinajstić information content (AvgIpc) is 2.48. The number of aromatic nitrogens is 1. The van der Waals surface area contributed by atoms with Crippen LogP contribution in [0.4, 0.5) is 0 Å². The van der Waals surface area contributed by atoms with Crippen molar-refractivity contribution in [1.29, 1.82) is 0 Å². The van der Waals surface area contributed by atoms with Gasteiger partial charge >= 0.3 is 0 Å². The van der Waals surface area contributed by atoms with Crippen LogP contribution in [-0.4, -0.2) is 11.9 Å². The van der Waals surface area contributed by atoms with Crippen molar-refractivity contribution in [2.24, 2.45) is 0 Å². The number of carbonyl (C=O) groups excluding carboxylic acids is 1. The average molecular weight is 269 g/mol. The van der Waals surface area contributed by atoms with Gasteiger partial charge in [0.25, 0.3) is 5.91 Å². The van der Waals surface area contributed by atoms with Gasteiger partial charge in [-0.15, -0.1) is 0 Å². The van der Waals surface area contributed by atoms with Crippen LogP contribution in [0, 0.1) is 0 Å². The molecule has 1 aromatic carbocycles. The molecule has 2 aromatic rings. The van der Waals surface area contributed by atoms with Gasteiger partial charge < -0.3 is 5.32 Å². The van der Waals surface area contributed by atoms with Gasteiger partial charge in [-0.2, -0.15) is 4.57 Å². The van der Waals surface area contributed by atoms with Crippen molar-refractivity contribution >= 4 is 5.91 Å². The molecule has 20 heavy (non-hydrogen) atoms. The summed E-state index contributed by atoms with van der Waals surface area (Å²) in [5.41, 5.74) is 2.27. The summed E-state index contributed by atoms with van der Waals surface area (Å²) >= 11 is 0. The lowest BCUT2D eigenvalue weighted by Gasteiger charge is -2.09. The quantitative estimate of drug-likeness (QED) is 0.831. The van der Waals surface area contributed by atoms with Gasteiger partial charge in [0.1, 0.15) is 0 Å². The Morgan fingerprint density at radius 2 is 1.85 bits per heavy atom. The zero-order valence-electron chi connectivity index (χ0n) is 12.0. The van der Waals surface area contributed by atoms with E-state index in [-0.39, 0.29) is 11.9 Å². The van der Waals surface area contributed by atoms with Crippen molar-refractivity contribution in [1.82, 2.24) is 5.32 Å². The number of hydrogen-bond donors (Lipinski definition) is 1. The molecule has 104 valence electrons. The summed E-state index contributed by atoms with van der Waals surface area (Å²) in [4.78, 5) is 11.9. The second-order valence-corrected chi connectivity index (χ2v) is 5.01. The molecule has 0 aliphatic rings. The van der Waals surface area contributed by atoms with Gasteiger partial charge in [0, 0.05) is 17.7 Å². The number of hydrogen-bond acceptors (Lipinski definition) is 1. The predicted molar refractivity (Wildman–Crippen MR) is 80.0 cm³/mol. The van der Waals surface area contributed by atoms with Gasteiger partial charge in [-0.3, -0.25) is 4.79 Å². The molecule has 0 fully saturated rings. The molecule has 0 radical (unpaired) electrons. The van der Waals surface area contributed by atoms with Gasteiger partial charge in [0.05, 0.1) is 0 Å². The van der Waals surface area contributed by atoms with Crippen LogP contribution in [0.3, 0.4) is 0 Å². The fraction of sp³-hybridized carbons (Fsp3) is 0.294. The normalized spacial score (nSPS) is 11.9. The maximum atomic E-state index is 11.9. The van der Waals surface area contributed by atoms with E-state index in [2.05, 4.69) is 30.4 Å². The van der Waals surface area contributed by atoms with Crippen molar-refractivity contribution in [2.75, 3.05) is 0 Å². The second kappa shape index (κ2) is 6.85. The molecule has 1 aromatic heterocycles. The minimum Gasteiger partial charge on any atom is -0.348 e. The van der Waals surface area contributed by atoms with Crippen molar-refractivity contribution in [3.05, 3.63) is 54.9 Å². The molecular weight excluding hydrogens is 248 g/mol. The standard InChI is InChI=1S/C17H20N2O/c1-3-14(2)18-17(20)13-19-11-7-10-16(12-19)15-8-5-4-6-9-15/h4-12,14H,3,13H2,1-2H3/p+1/t14-/m1/s1. The number of rotatable bonds is 5. The smallest absolute Gasteiger partial charge is 0.286 e. The molecule has 1 atom stereocenters. The maximum Gasteiger partial charge on any atom is 0.286 e. The number of pyridine rings is 1. The molecular formula is C17H21N2O+. The molecule has 0 aliphatic carbocycles. The Labute approximate surface area is 120 Å². The first-order valence-electron chi connectivity index (χ1n) is 7.03. The number of nitrogens with one attached hydrogen (secondary N) is 1. The fourth-order valence-electron chi connectivity index (χ4n) is 2.01. The monoisotopic (exact) mass is 269 g/mol. The van der Waals surface area contributed by atoms with Crippen molar-refractivity contribution in [3.8, 4) is 11.1 Å². The zero-order valence-corrected chi connectivity index (χ0v) is 12.0. The number of carbonyl (C=O) groups is 1. The summed E-state index contributed by atoms with van der Waals surface area (Å²) in [5, 5.41) is 2.98. The van der Waals surface area contributed by atoms with Crippen molar-refractivity contribution in [3.63, 3.8) is 0 Å². The third-order valence-corrected chi connectivity index (χ3v) is 3.31.